The highest BCUT2D eigenvalue weighted by Crippen LogP contribution is 2.29. The molecule has 0 aromatic heterocycles. The Kier molecular flexibility index (Phi) is 4.19. The van der Waals surface area contributed by atoms with Crippen molar-refractivity contribution in [3.63, 3.8) is 0 Å². The minimum Gasteiger partial charge on any atom is -0.391 e. The lowest BCUT2D eigenvalue weighted by atomic mass is 10.1. The number of rotatable bonds is 3. The summed E-state index contributed by atoms with van der Waals surface area (Å²) in [6.07, 6.45) is 0.800. The van der Waals surface area contributed by atoms with Crippen LogP contribution in [0.25, 0.3) is 0 Å². The molecule has 1 unspecified atom stereocenters. The predicted molar refractivity (Wildman–Crippen MR) is 73.8 cm³/mol. The monoisotopic (exact) mass is 279 g/mol. The van der Waals surface area contributed by atoms with E-state index in [9.17, 15) is 20.0 Å². The lowest BCUT2D eigenvalue weighted by Gasteiger charge is -2.30. The molecule has 1 aliphatic rings. The predicted octanol–water partition coefficient (Wildman–Crippen LogP) is 1.23. The number of benzene rings is 1. The van der Waals surface area contributed by atoms with Crippen molar-refractivity contribution in [2.45, 2.75) is 18.9 Å². The fraction of sp³-hybridized carbons (Fsp3) is 0.462. The number of amides is 1. The zero-order chi connectivity index (χ0) is 14.7. The Labute approximate surface area is 116 Å². The number of hydrogen-bond donors (Lipinski definition) is 2. The average molecular weight is 279 g/mol. The summed E-state index contributed by atoms with van der Waals surface area (Å²) < 4.78 is 0. The van der Waals surface area contributed by atoms with Gasteiger partial charge in [0.1, 0.15) is 11.3 Å². The minimum absolute atomic E-state index is 0.0518. The second-order valence-electron chi connectivity index (χ2n) is 4.76. The lowest BCUT2D eigenvalue weighted by Crippen LogP contribution is -2.42. The number of hydrogen-bond acceptors (Lipinski definition) is 5. The number of nitro groups is 1. The molecule has 1 aromatic rings. The maximum absolute atomic E-state index is 12.4. The summed E-state index contributed by atoms with van der Waals surface area (Å²) in [7, 11) is 1.57. The van der Waals surface area contributed by atoms with Crippen molar-refractivity contribution in [3.8, 4) is 0 Å². The van der Waals surface area contributed by atoms with Gasteiger partial charge in [0, 0.05) is 20.1 Å². The third-order valence-corrected chi connectivity index (χ3v) is 3.40. The number of aliphatic hydroxyl groups is 1. The first-order valence-corrected chi connectivity index (χ1v) is 6.47. The number of piperidine rings is 1. The number of likely N-dealkylation sites (tertiary alicyclic amines) is 1. The van der Waals surface area contributed by atoms with Gasteiger partial charge in [0.25, 0.3) is 5.91 Å². The number of nitro benzene ring substituents is 1. The molecule has 0 radical (unpaired) electrons. The Bertz CT molecular complexity index is 532. The molecule has 0 aliphatic carbocycles. The second kappa shape index (κ2) is 5.87. The number of para-hydroxylation sites is 1. The van der Waals surface area contributed by atoms with E-state index in [1.807, 2.05) is 0 Å². The Hall–Kier alpha value is -2.15. The molecular formula is C13H17N3O4. The second-order valence-corrected chi connectivity index (χ2v) is 4.76. The van der Waals surface area contributed by atoms with Crippen LogP contribution in [0.1, 0.15) is 23.2 Å². The van der Waals surface area contributed by atoms with Gasteiger partial charge in [0.15, 0.2) is 0 Å². The summed E-state index contributed by atoms with van der Waals surface area (Å²) in [6, 6.07) is 4.61. The summed E-state index contributed by atoms with van der Waals surface area (Å²) in [6.45, 7) is 0.733. The van der Waals surface area contributed by atoms with Crippen molar-refractivity contribution >= 4 is 17.3 Å². The molecular weight excluding hydrogens is 262 g/mol. The Balaban J connectivity index is 2.36. The van der Waals surface area contributed by atoms with E-state index < -0.39 is 16.9 Å². The molecule has 0 spiro atoms. The molecule has 2 N–H and O–H groups in total. The van der Waals surface area contributed by atoms with Crippen LogP contribution < -0.4 is 5.32 Å². The molecule has 0 saturated carbocycles. The van der Waals surface area contributed by atoms with Crippen molar-refractivity contribution in [1.82, 2.24) is 4.90 Å². The molecule has 1 aliphatic heterocycles. The smallest absolute Gasteiger partial charge is 0.305 e. The Morgan fingerprint density at radius 1 is 1.55 bits per heavy atom. The van der Waals surface area contributed by atoms with Gasteiger partial charge < -0.3 is 15.3 Å². The van der Waals surface area contributed by atoms with E-state index >= 15 is 0 Å². The average Bonchev–Trinajstić information content (AvgIpc) is 2.45. The maximum Gasteiger partial charge on any atom is 0.305 e. The van der Waals surface area contributed by atoms with E-state index in [0.717, 1.165) is 0 Å². The topological polar surface area (TPSA) is 95.7 Å². The molecule has 20 heavy (non-hydrogen) atoms. The van der Waals surface area contributed by atoms with E-state index in [2.05, 4.69) is 5.32 Å². The van der Waals surface area contributed by atoms with Crippen molar-refractivity contribution < 1.29 is 14.8 Å². The zero-order valence-electron chi connectivity index (χ0n) is 11.2. The van der Waals surface area contributed by atoms with Crippen LogP contribution in [0.15, 0.2) is 18.2 Å². The minimum atomic E-state index is -0.556. The van der Waals surface area contributed by atoms with Gasteiger partial charge in [-0.2, -0.15) is 0 Å². The van der Waals surface area contributed by atoms with Crippen LogP contribution in [0.2, 0.25) is 0 Å². The van der Waals surface area contributed by atoms with Crippen LogP contribution >= 0.6 is 0 Å². The van der Waals surface area contributed by atoms with Crippen molar-refractivity contribution in [3.05, 3.63) is 33.9 Å². The highest BCUT2D eigenvalue weighted by atomic mass is 16.6. The molecule has 1 amide bonds. The van der Waals surface area contributed by atoms with Gasteiger partial charge in [-0.05, 0) is 25.0 Å². The first kappa shape index (κ1) is 14.3. The van der Waals surface area contributed by atoms with Crippen LogP contribution in [0.5, 0.6) is 0 Å². The molecule has 1 aromatic carbocycles. The van der Waals surface area contributed by atoms with E-state index in [4.69, 9.17) is 0 Å². The van der Waals surface area contributed by atoms with E-state index in [0.29, 0.717) is 25.1 Å². The van der Waals surface area contributed by atoms with Gasteiger partial charge >= 0.3 is 5.69 Å². The Morgan fingerprint density at radius 2 is 2.30 bits per heavy atom. The van der Waals surface area contributed by atoms with Gasteiger partial charge in [-0.25, -0.2) is 0 Å². The van der Waals surface area contributed by atoms with E-state index in [-0.39, 0.29) is 17.8 Å². The highest BCUT2D eigenvalue weighted by Gasteiger charge is 2.29. The molecule has 1 saturated heterocycles. The summed E-state index contributed by atoms with van der Waals surface area (Å²) in [4.78, 5) is 24.5. The molecule has 7 nitrogen and oxygen atoms in total. The third-order valence-electron chi connectivity index (χ3n) is 3.40. The Morgan fingerprint density at radius 3 is 2.90 bits per heavy atom. The van der Waals surface area contributed by atoms with Gasteiger partial charge in [0.05, 0.1) is 11.0 Å². The molecule has 2 rings (SSSR count). The highest BCUT2D eigenvalue weighted by molar-refractivity contribution is 6.00. The summed E-state index contributed by atoms with van der Waals surface area (Å²) in [5.41, 5.74) is 0.134. The van der Waals surface area contributed by atoms with Crippen molar-refractivity contribution in [1.29, 1.82) is 0 Å². The number of carbonyl (C=O) groups is 1. The molecule has 1 atom stereocenters. The maximum atomic E-state index is 12.4. The lowest BCUT2D eigenvalue weighted by molar-refractivity contribution is -0.384. The van der Waals surface area contributed by atoms with E-state index in [1.54, 1.807) is 19.2 Å². The molecule has 0 bridgehead atoms. The van der Waals surface area contributed by atoms with Gasteiger partial charge in [-0.1, -0.05) is 6.07 Å². The van der Waals surface area contributed by atoms with Gasteiger partial charge in [-0.15, -0.1) is 0 Å². The fourth-order valence-corrected chi connectivity index (χ4v) is 2.42. The molecule has 108 valence electrons. The largest absolute Gasteiger partial charge is 0.391 e. The summed E-state index contributed by atoms with van der Waals surface area (Å²) >= 11 is 0. The number of nitrogens with zero attached hydrogens (tertiary/aromatic N) is 2. The van der Waals surface area contributed by atoms with Crippen LogP contribution in [0, 0.1) is 10.1 Å². The number of β-amino-alcohol motifs (C(OH)–C–C–N with tert-alkyl or cyclic N) is 1. The van der Waals surface area contributed by atoms with Crippen LogP contribution in [0.4, 0.5) is 11.4 Å². The van der Waals surface area contributed by atoms with Crippen LogP contribution in [0.3, 0.4) is 0 Å². The fourth-order valence-electron chi connectivity index (χ4n) is 2.42. The first-order chi connectivity index (χ1) is 9.54. The summed E-state index contributed by atoms with van der Waals surface area (Å²) in [5.74, 6) is -0.410. The molecule has 1 heterocycles. The van der Waals surface area contributed by atoms with Crippen molar-refractivity contribution in [2.75, 3.05) is 25.5 Å². The van der Waals surface area contributed by atoms with Gasteiger partial charge in [0.2, 0.25) is 0 Å². The van der Waals surface area contributed by atoms with Gasteiger partial charge in [-0.3, -0.25) is 14.9 Å². The molecule has 1 fully saturated rings. The third kappa shape index (κ3) is 2.72. The number of aliphatic hydroxyl groups excluding tert-OH is 1. The number of nitrogens with one attached hydrogen (secondary N) is 1. The molecule has 7 heteroatoms. The van der Waals surface area contributed by atoms with Crippen molar-refractivity contribution in [2.24, 2.45) is 0 Å². The number of carbonyl (C=O) groups excluding carboxylic acids is 1. The first-order valence-electron chi connectivity index (χ1n) is 6.47. The number of anilines is 1. The van der Waals surface area contributed by atoms with Crippen LogP contribution in [-0.4, -0.2) is 47.1 Å². The normalized spacial score (nSPS) is 18.7. The van der Waals surface area contributed by atoms with Crippen LogP contribution in [-0.2, 0) is 0 Å². The summed E-state index contributed by atoms with van der Waals surface area (Å²) in [5, 5.41) is 23.5. The SMILES string of the molecule is CNc1cccc(C(=O)N2CCCC(O)C2)c1[N+](=O)[O-]. The standard InChI is InChI=1S/C13H17N3O4/c1-14-11-6-2-5-10(12(11)16(19)20)13(18)15-7-3-4-9(17)8-15/h2,5-6,9,14,17H,3-4,7-8H2,1H3. The van der Waals surface area contributed by atoms with E-state index in [1.165, 1.54) is 11.0 Å². The zero-order valence-corrected chi connectivity index (χ0v) is 11.2. The quantitative estimate of drug-likeness (QED) is 0.641.